The number of carbonyl (C=O) groups excluding carboxylic acids is 1. The van der Waals surface area contributed by atoms with Crippen LogP contribution in [0.25, 0.3) is 0 Å². The maximum absolute atomic E-state index is 11.5. The molecule has 0 aromatic heterocycles. The lowest BCUT2D eigenvalue weighted by Gasteiger charge is -2.01. The van der Waals surface area contributed by atoms with Crippen molar-refractivity contribution >= 4 is 34.9 Å². The third-order valence-corrected chi connectivity index (χ3v) is 2.51. The number of carbonyl (C=O) groups is 1. The van der Waals surface area contributed by atoms with E-state index in [1.165, 1.54) is 0 Å². The number of oxime groups is 1. The van der Waals surface area contributed by atoms with Crippen molar-refractivity contribution in [2.45, 2.75) is 18.7 Å². The van der Waals surface area contributed by atoms with Crippen LogP contribution in [-0.4, -0.2) is 16.5 Å². The number of aryl methyl sites for hydroxylation is 1. The van der Waals surface area contributed by atoms with E-state index in [1.54, 1.807) is 19.1 Å². The maximum atomic E-state index is 11.5. The molecule has 0 spiro atoms. The highest BCUT2D eigenvalue weighted by atomic mass is 35.5. The Morgan fingerprint density at radius 1 is 1.31 bits per heavy atom. The molecule has 0 N–H and O–H groups in total. The standard InChI is InChI=1S/C11H11Cl2NO2/c1-7-3-5-9(6-4-7)11(15)16-14-8(2)10(12)13/h3-6,10H,1-2H3. The highest BCUT2D eigenvalue weighted by molar-refractivity contribution is 6.54. The van der Waals surface area contributed by atoms with Crippen molar-refractivity contribution < 1.29 is 9.63 Å². The monoisotopic (exact) mass is 259 g/mol. The topological polar surface area (TPSA) is 38.7 Å². The van der Waals surface area contributed by atoms with E-state index in [1.807, 2.05) is 19.1 Å². The van der Waals surface area contributed by atoms with Gasteiger partial charge in [-0.1, -0.05) is 46.1 Å². The molecular weight excluding hydrogens is 249 g/mol. The van der Waals surface area contributed by atoms with Gasteiger partial charge in [0.25, 0.3) is 0 Å². The maximum Gasteiger partial charge on any atom is 0.365 e. The average molecular weight is 260 g/mol. The molecule has 3 nitrogen and oxygen atoms in total. The number of nitrogens with zero attached hydrogens (tertiary/aromatic N) is 1. The zero-order valence-corrected chi connectivity index (χ0v) is 10.4. The molecule has 1 aromatic carbocycles. The van der Waals surface area contributed by atoms with Gasteiger partial charge in [0.05, 0.1) is 11.3 Å². The van der Waals surface area contributed by atoms with Crippen LogP contribution in [0, 0.1) is 6.92 Å². The molecule has 16 heavy (non-hydrogen) atoms. The second-order valence-electron chi connectivity index (χ2n) is 3.28. The molecule has 0 unspecified atom stereocenters. The zero-order valence-electron chi connectivity index (χ0n) is 8.91. The van der Waals surface area contributed by atoms with Gasteiger partial charge in [-0.2, -0.15) is 0 Å². The van der Waals surface area contributed by atoms with Gasteiger partial charge in [0.15, 0.2) is 0 Å². The van der Waals surface area contributed by atoms with Crippen molar-refractivity contribution in [2.75, 3.05) is 0 Å². The molecule has 0 fully saturated rings. The van der Waals surface area contributed by atoms with Crippen LogP contribution in [0.4, 0.5) is 0 Å². The van der Waals surface area contributed by atoms with Crippen LogP contribution in [0.15, 0.2) is 29.4 Å². The molecule has 1 aromatic rings. The highest BCUT2D eigenvalue weighted by Gasteiger charge is 2.08. The summed E-state index contributed by atoms with van der Waals surface area (Å²) in [5, 5.41) is 3.53. The molecular formula is C11H11Cl2NO2. The number of rotatable bonds is 3. The lowest BCUT2D eigenvalue weighted by Crippen LogP contribution is -2.07. The van der Waals surface area contributed by atoms with E-state index >= 15 is 0 Å². The van der Waals surface area contributed by atoms with Crippen molar-refractivity contribution in [1.82, 2.24) is 0 Å². The number of benzene rings is 1. The smallest absolute Gasteiger partial charge is 0.313 e. The Morgan fingerprint density at radius 3 is 2.38 bits per heavy atom. The fourth-order valence-corrected chi connectivity index (χ4v) is 0.975. The first-order valence-electron chi connectivity index (χ1n) is 4.61. The Kier molecular flexibility index (Phi) is 4.77. The van der Waals surface area contributed by atoms with Gasteiger partial charge in [0, 0.05) is 0 Å². The molecule has 86 valence electrons. The molecule has 1 rings (SSSR count). The van der Waals surface area contributed by atoms with Gasteiger partial charge in [-0.15, -0.1) is 0 Å². The van der Waals surface area contributed by atoms with Crippen LogP contribution in [0.5, 0.6) is 0 Å². The summed E-state index contributed by atoms with van der Waals surface area (Å²) in [7, 11) is 0. The van der Waals surface area contributed by atoms with Crippen molar-refractivity contribution in [2.24, 2.45) is 5.16 Å². The lowest BCUT2D eigenvalue weighted by atomic mass is 10.2. The molecule has 0 saturated heterocycles. The van der Waals surface area contributed by atoms with E-state index in [9.17, 15) is 4.79 Å². The van der Waals surface area contributed by atoms with Crippen LogP contribution in [0.1, 0.15) is 22.8 Å². The first-order chi connectivity index (χ1) is 7.50. The minimum Gasteiger partial charge on any atom is -0.313 e. The van der Waals surface area contributed by atoms with E-state index in [4.69, 9.17) is 23.2 Å². The Balaban J connectivity index is 2.66. The third kappa shape index (κ3) is 3.83. The minimum absolute atomic E-state index is 0.337. The third-order valence-electron chi connectivity index (χ3n) is 1.88. The van der Waals surface area contributed by atoms with Gasteiger partial charge in [0.1, 0.15) is 4.84 Å². The fraction of sp³-hybridized carbons (Fsp3) is 0.273. The normalized spacial score (nSPS) is 11.7. The molecule has 0 radical (unpaired) electrons. The predicted octanol–water partition coefficient (Wildman–Crippen LogP) is 3.33. The zero-order chi connectivity index (χ0) is 12.1. The Labute approximate surface area is 104 Å². The van der Waals surface area contributed by atoms with Crippen LogP contribution in [0.3, 0.4) is 0 Å². The van der Waals surface area contributed by atoms with Crippen molar-refractivity contribution in [3.05, 3.63) is 35.4 Å². The molecule has 5 heteroatoms. The molecule has 0 aliphatic heterocycles. The number of hydrogen-bond donors (Lipinski definition) is 0. The summed E-state index contributed by atoms with van der Waals surface area (Å²) in [5.74, 6) is -0.534. The Bertz CT molecular complexity index is 399. The largest absolute Gasteiger partial charge is 0.365 e. The summed E-state index contributed by atoms with van der Waals surface area (Å²) in [6.07, 6.45) is 0. The van der Waals surface area contributed by atoms with E-state index < -0.39 is 10.8 Å². The van der Waals surface area contributed by atoms with E-state index in [0.29, 0.717) is 11.3 Å². The van der Waals surface area contributed by atoms with Crippen LogP contribution in [-0.2, 0) is 4.84 Å². The van der Waals surface area contributed by atoms with Crippen molar-refractivity contribution in [3.63, 3.8) is 0 Å². The Morgan fingerprint density at radius 2 is 1.88 bits per heavy atom. The van der Waals surface area contributed by atoms with Gasteiger partial charge in [-0.05, 0) is 26.0 Å². The summed E-state index contributed by atoms with van der Waals surface area (Å²) in [6.45, 7) is 3.51. The van der Waals surface area contributed by atoms with Crippen molar-refractivity contribution in [3.8, 4) is 0 Å². The number of hydrogen-bond acceptors (Lipinski definition) is 3. The van der Waals surface area contributed by atoms with Gasteiger partial charge in [0.2, 0.25) is 0 Å². The number of alkyl halides is 2. The summed E-state index contributed by atoms with van der Waals surface area (Å²) in [6, 6.07) is 6.97. The van der Waals surface area contributed by atoms with Gasteiger partial charge < -0.3 is 4.84 Å². The summed E-state index contributed by atoms with van der Waals surface area (Å²) < 4.78 is 0. The molecule has 0 saturated carbocycles. The second kappa shape index (κ2) is 5.87. The first-order valence-corrected chi connectivity index (χ1v) is 5.48. The first kappa shape index (κ1) is 13.0. The molecule has 0 atom stereocenters. The van der Waals surface area contributed by atoms with Crippen LogP contribution in [0.2, 0.25) is 0 Å². The second-order valence-corrected chi connectivity index (χ2v) is 4.37. The molecule has 0 heterocycles. The molecule has 0 amide bonds. The molecule has 0 aliphatic rings. The fourth-order valence-electron chi connectivity index (χ4n) is 0.896. The van der Waals surface area contributed by atoms with E-state index in [-0.39, 0.29) is 0 Å². The highest BCUT2D eigenvalue weighted by Crippen LogP contribution is 2.07. The SMILES string of the molecule is CC(=NOC(=O)c1ccc(C)cc1)C(Cl)Cl. The average Bonchev–Trinajstić information content (AvgIpc) is 2.26. The van der Waals surface area contributed by atoms with Crippen LogP contribution >= 0.6 is 23.2 Å². The van der Waals surface area contributed by atoms with E-state index in [2.05, 4.69) is 9.99 Å². The van der Waals surface area contributed by atoms with Gasteiger partial charge in [-0.25, -0.2) is 4.79 Å². The summed E-state index contributed by atoms with van der Waals surface area (Å²) >= 11 is 11.0. The Hall–Kier alpha value is -1.06. The minimum atomic E-state index is -0.772. The quantitative estimate of drug-likeness (QED) is 0.362. The summed E-state index contributed by atoms with van der Waals surface area (Å²) in [5.41, 5.74) is 1.84. The predicted molar refractivity (Wildman–Crippen MR) is 65.2 cm³/mol. The molecule has 0 aliphatic carbocycles. The molecule has 0 bridgehead atoms. The number of halogens is 2. The lowest BCUT2D eigenvalue weighted by molar-refractivity contribution is 0.0515. The van der Waals surface area contributed by atoms with E-state index in [0.717, 1.165) is 5.56 Å². The van der Waals surface area contributed by atoms with Crippen molar-refractivity contribution in [1.29, 1.82) is 0 Å². The van der Waals surface area contributed by atoms with Gasteiger partial charge >= 0.3 is 5.97 Å². The van der Waals surface area contributed by atoms with Gasteiger partial charge in [-0.3, -0.25) is 0 Å². The van der Waals surface area contributed by atoms with Crippen LogP contribution < -0.4 is 0 Å². The summed E-state index contributed by atoms with van der Waals surface area (Å²) in [4.78, 5) is 15.4.